The quantitative estimate of drug-likeness (QED) is 0.248. The van der Waals surface area contributed by atoms with Crippen LogP contribution in [0.1, 0.15) is 159 Å². The van der Waals surface area contributed by atoms with Crippen LogP contribution in [0.4, 0.5) is 0 Å². The van der Waals surface area contributed by atoms with Crippen molar-refractivity contribution in [3.8, 4) is 0 Å². The second kappa shape index (κ2) is 14.1. The Hall–Kier alpha value is -0.720. The fourth-order valence-corrected chi connectivity index (χ4v) is 5.97. The lowest BCUT2D eigenvalue weighted by Crippen LogP contribution is -2.38. The third-order valence-electron chi connectivity index (χ3n) is 7.90. The molecule has 0 aliphatic heterocycles. The fourth-order valence-electron chi connectivity index (χ4n) is 5.97. The van der Waals surface area contributed by atoms with E-state index in [9.17, 15) is 5.11 Å². The van der Waals surface area contributed by atoms with E-state index in [0.717, 1.165) is 5.57 Å². The van der Waals surface area contributed by atoms with Crippen molar-refractivity contribution in [2.75, 3.05) is 0 Å². The largest absolute Gasteiger partial charge is 0.512 e. The van der Waals surface area contributed by atoms with Gasteiger partial charge in [0.15, 0.2) is 0 Å². The predicted octanol–water partition coefficient (Wildman–Crippen LogP) is 11.6. The SMILES string of the molecule is CCCCCCCCCCCCCCCC1C(C(C)(C)C)=CC(C(C)(C)C)=C(O)C1C(C)(C)C. The monoisotopic (exact) mass is 474 g/mol. The first-order chi connectivity index (χ1) is 15.7. The molecule has 1 nitrogen and oxygen atoms in total. The highest BCUT2D eigenvalue weighted by molar-refractivity contribution is 5.40. The number of rotatable bonds is 14. The highest BCUT2D eigenvalue weighted by Gasteiger charge is 2.44. The Morgan fingerprint density at radius 2 is 1.03 bits per heavy atom. The molecule has 0 amide bonds. The van der Waals surface area contributed by atoms with E-state index in [0.29, 0.717) is 11.7 Å². The van der Waals surface area contributed by atoms with Gasteiger partial charge in [-0.25, -0.2) is 0 Å². The van der Waals surface area contributed by atoms with E-state index in [1.165, 1.54) is 89.9 Å². The summed E-state index contributed by atoms with van der Waals surface area (Å²) in [6, 6.07) is 0. The average Bonchev–Trinajstić information content (AvgIpc) is 2.68. The van der Waals surface area contributed by atoms with Crippen LogP contribution in [0.15, 0.2) is 23.0 Å². The zero-order valence-corrected chi connectivity index (χ0v) is 25.1. The number of hydrogen-bond donors (Lipinski definition) is 1. The average molecular weight is 475 g/mol. The molecule has 0 aromatic rings. The lowest BCUT2D eigenvalue weighted by molar-refractivity contribution is 0.124. The lowest BCUT2D eigenvalue weighted by atomic mass is 9.59. The zero-order chi connectivity index (χ0) is 26.0. The summed E-state index contributed by atoms with van der Waals surface area (Å²) < 4.78 is 0. The van der Waals surface area contributed by atoms with Gasteiger partial charge < -0.3 is 5.11 Å². The highest BCUT2D eigenvalue weighted by Crippen LogP contribution is 2.53. The van der Waals surface area contributed by atoms with Crippen LogP contribution >= 0.6 is 0 Å². The van der Waals surface area contributed by atoms with Gasteiger partial charge in [0.2, 0.25) is 0 Å². The molecule has 1 N–H and O–H groups in total. The van der Waals surface area contributed by atoms with Crippen LogP contribution in [-0.2, 0) is 0 Å². The van der Waals surface area contributed by atoms with Gasteiger partial charge in [-0.15, -0.1) is 0 Å². The van der Waals surface area contributed by atoms with E-state index in [2.05, 4.69) is 75.3 Å². The van der Waals surface area contributed by atoms with Crippen LogP contribution in [0, 0.1) is 28.1 Å². The summed E-state index contributed by atoms with van der Waals surface area (Å²) in [6.07, 6.45) is 21.7. The van der Waals surface area contributed by atoms with Crippen molar-refractivity contribution in [1.29, 1.82) is 0 Å². The minimum absolute atomic E-state index is 0.0371. The number of allylic oxidation sites excluding steroid dienone is 4. The Morgan fingerprint density at radius 3 is 1.38 bits per heavy atom. The maximum absolute atomic E-state index is 11.5. The fraction of sp³-hybridized carbons (Fsp3) is 0.879. The molecule has 0 fully saturated rings. The van der Waals surface area contributed by atoms with Crippen molar-refractivity contribution < 1.29 is 5.11 Å². The molecule has 0 aromatic carbocycles. The van der Waals surface area contributed by atoms with E-state index in [4.69, 9.17) is 0 Å². The number of aliphatic hydroxyl groups is 1. The molecule has 2 atom stereocenters. The molecule has 1 rings (SSSR count). The molecule has 0 heterocycles. The Morgan fingerprint density at radius 1 is 0.618 bits per heavy atom. The topological polar surface area (TPSA) is 20.2 Å². The summed E-state index contributed by atoms with van der Waals surface area (Å²) >= 11 is 0. The van der Waals surface area contributed by atoms with Crippen molar-refractivity contribution in [1.82, 2.24) is 0 Å². The normalized spacial score (nSPS) is 20.1. The predicted molar refractivity (Wildman–Crippen MR) is 153 cm³/mol. The van der Waals surface area contributed by atoms with Gasteiger partial charge in [0.1, 0.15) is 5.76 Å². The summed E-state index contributed by atoms with van der Waals surface area (Å²) in [7, 11) is 0. The zero-order valence-electron chi connectivity index (χ0n) is 25.1. The van der Waals surface area contributed by atoms with Crippen molar-refractivity contribution in [2.24, 2.45) is 28.1 Å². The van der Waals surface area contributed by atoms with Crippen LogP contribution < -0.4 is 0 Å². The van der Waals surface area contributed by atoms with Gasteiger partial charge in [-0.3, -0.25) is 0 Å². The highest BCUT2D eigenvalue weighted by atomic mass is 16.3. The molecular formula is C33H62O. The molecule has 0 bridgehead atoms. The van der Waals surface area contributed by atoms with Gasteiger partial charge >= 0.3 is 0 Å². The van der Waals surface area contributed by atoms with Gasteiger partial charge in [0, 0.05) is 5.92 Å². The Labute approximate surface area is 215 Å². The van der Waals surface area contributed by atoms with E-state index >= 15 is 0 Å². The van der Waals surface area contributed by atoms with Gasteiger partial charge in [-0.05, 0) is 34.2 Å². The van der Waals surface area contributed by atoms with Gasteiger partial charge in [0.25, 0.3) is 0 Å². The third-order valence-corrected chi connectivity index (χ3v) is 7.90. The van der Waals surface area contributed by atoms with Gasteiger partial charge in [-0.2, -0.15) is 0 Å². The van der Waals surface area contributed by atoms with Crippen LogP contribution in [0.25, 0.3) is 0 Å². The van der Waals surface area contributed by atoms with Crippen molar-refractivity contribution in [3.05, 3.63) is 23.0 Å². The summed E-state index contributed by atoms with van der Waals surface area (Å²) in [5.41, 5.74) is 2.84. The number of unbranched alkanes of at least 4 members (excludes halogenated alkanes) is 12. The molecule has 1 heteroatoms. The van der Waals surface area contributed by atoms with Gasteiger partial charge in [-0.1, -0.05) is 164 Å². The summed E-state index contributed by atoms with van der Waals surface area (Å²) in [5.74, 6) is 1.31. The molecule has 1 aliphatic rings. The molecule has 0 spiro atoms. The summed E-state index contributed by atoms with van der Waals surface area (Å²) in [5, 5.41) is 11.5. The summed E-state index contributed by atoms with van der Waals surface area (Å²) in [6.45, 7) is 23.0. The maximum atomic E-state index is 11.5. The van der Waals surface area contributed by atoms with Crippen LogP contribution in [0.2, 0.25) is 0 Å². The van der Waals surface area contributed by atoms with E-state index in [1.807, 2.05) is 0 Å². The van der Waals surface area contributed by atoms with Crippen LogP contribution in [0.3, 0.4) is 0 Å². The molecule has 200 valence electrons. The molecule has 34 heavy (non-hydrogen) atoms. The Kier molecular flexibility index (Phi) is 13.0. The van der Waals surface area contributed by atoms with Crippen molar-refractivity contribution >= 4 is 0 Å². The first-order valence-corrected chi connectivity index (χ1v) is 14.9. The number of aliphatic hydroxyl groups excluding tert-OH is 1. The maximum Gasteiger partial charge on any atom is 0.100 e. The molecule has 2 unspecified atom stereocenters. The van der Waals surface area contributed by atoms with Crippen molar-refractivity contribution in [2.45, 2.75) is 159 Å². The first kappa shape index (κ1) is 31.3. The van der Waals surface area contributed by atoms with Crippen LogP contribution in [0.5, 0.6) is 0 Å². The minimum Gasteiger partial charge on any atom is -0.512 e. The Balaban J connectivity index is 2.60. The van der Waals surface area contributed by atoms with Gasteiger partial charge in [0.05, 0.1) is 0 Å². The summed E-state index contributed by atoms with van der Waals surface area (Å²) in [4.78, 5) is 0. The molecule has 0 aromatic heterocycles. The standard InChI is InChI=1S/C33H62O/c1-11-12-13-14-15-16-17-18-19-20-21-22-23-24-26-27(31(2,3)4)25-28(32(5,6)7)30(34)29(26)33(8,9)10/h25-26,29,34H,11-24H2,1-10H3. The second-order valence-electron chi connectivity index (χ2n) is 14.4. The first-order valence-electron chi connectivity index (χ1n) is 14.9. The van der Waals surface area contributed by atoms with E-state index in [1.54, 1.807) is 5.57 Å². The molecule has 0 radical (unpaired) electrons. The smallest absolute Gasteiger partial charge is 0.100 e. The van der Waals surface area contributed by atoms with E-state index < -0.39 is 0 Å². The number of hydrogen-bond acceptors (Lipinski definition) is 1. The molecule has 0 saturated carbocycles. The molecular weight excluding hydrogens is 412 g/mol. The Bertz CT molecular complexity index is 629. The second-order valence-corrected chi connectivity index (χ2v) is 14.4. The lowest BCUT2D eigenvalue weighted by Gasteiger charge is -2.46. The third kappa shape index (κ3) is 10.5. The molecule has 1 aliphatic carbocycles. The molecule has 0 saturated heterocycles. The van der Waals surface area contributed by atoms with Crippen LogP contribution in [-0.4, -0.2) is 5.11 Å². The van der Waals surface area contributed by atoms with E-state index in [-0.39, 0.29) is 22.2 Å². The minimum atomic E-state index is -0.0371. The van der Waals surface area contributed by atoms with Crippen molar-refractivity contribution in [3.63, 3.8) is 0 Å².